The molecule has 1 aromatic carbocycles. The highest BCUT2D eigenvalue weighted by atomic mass is 35.5. The van der Waals surface area contributed by atoms with Crippen molar-refractivity contribution in [2.24, 2.45) is 5.92 Å². The minimum absolute atomic E-state index is 0.131. The monoisotopic (exact) mass is 590 g/mol. The second-order valence-corrected chi connectivity index (χ2v) is 15.8. The van der Waals surface area contributed by atoms with Crippen molar-refractivity contribution in [1.82, 2.24) is 14.2 Å². The van der Waals surface area contributed by atoms with Gasteiger partial charge in [-0.05, 0) is 51.2 Å². The first kappa shape index (κ1) is 27.4. The number of para-hydroxylation sites is 1. The molecule has 36 heavy (non-hydrogen) atoms. The van der Waals surface area contributed by atoms with Crippen molar-refractivity contribution in [2.45, 2.75) is 21.9 Å². The Morgan fingerprint density at radius 1 is 1.08 bits per heavy atom. The van der Waals surface area contributed by atoms with Gasteiger partial charge >= 0.3 is 0 Å². The van der Waals surface area contributed by atoms with Gasteiger partial charge in [-0.3, -0.25) is 9.69 Å². The largest absolute Gasteiger partial charge is 0.308 e. The minimum Gasteiger partial charge on any atom is -0.308 e. The Morgan fingerprint density at radius 3 is 2.36 bits per heavy atom. The molecule has 0 unspecified atom stereocenters. The Balaban J connectivity index is 1.57. The first-order valence-corrected chi connectivity index (χ1v) is 16.5. The van der Waals surface area contributed by atoms with E-state index in [1.165, 1.54) is 27.8 Å². The zero-order valence-electron chi connectivity index (χ0n) is 20.0. The number of thiophene rings is 1. The van der Waals surface area contributed by atoms with E-state index < -0.39 is 19.9 Å². The van der Waals surface area contributed by atoms with Crippen LogP contribution in [-0.4, -0.2) is 83.5 Å². The summed E-state index contributed by atoms with van der Waals surface area (Å²) in [5.74, 6) is -0.500. The summed E-state index contributed by atoms with van der Waals surface area (Å²) < 4.78 is 53.1. The molecule has 0 spiro atoms. The summed E-state index contributed by atoms with van der Waals surface area (Å²) in [5, 5.41) is 0.441. The maximum Gasteiger partial charge on any atom is 0.252 e. The highest BCUT2D eigenvalue weighted by Crippen LogP contribution is 2.35. The molecule has 9 nitrogen and oxygen atoms in total. The van der Waals surface area contributed by atoms with Crippen LogP contribution in [0.4, 0.5) is 5.13 Å². The van der Waals surface area contributed by atoms with Gasteiger partial charge in [-0.1, -0.05) is 29.0 Å². The number of hydrogen-bond donors (Lipinski definition) is 0. The maximum atomic E-state index is 13.7. The second kappa shape index (κ2) is 10.6. The average Bonchev–Trinajstić information content (AvgIpc) is 3.44. The molecule has 1 fully saturated rings. The summed E-state index contributed by atoms with van der Waals surface area (Å²) >= 11 is 8.22. The first-order chi connectivity index (χ1) is 16.9. The van der Waals surface area contributed by atoms with E-state index in [9.17, 15) is 21.6 Å². The van der Waals surface area contributed by atoms with E-state index in [1.54, 1.807) is 23.1 Å². The average molecular weight is 591 g/mol. The molecule has 0 atom stereocenters. The molecular formula is C22H27ClN4O5S4. The van der Waals surface area contributed by atoms with Crippen LogP contribution in [0.3, 0.4) is 0 Å². The van der Waals surface area contributed by atoms with Crippen LogP contribution in [0.5, 0.6) is 0 Å². The SMILES string of the molecule is CN(C)CCN(C(=O)C1CCN(S(=O)(=O)c2ccc(Cl)s2)CC1)c1nc2c(S(C)(=O)=O)cccc2s1. The van der Waals surface area contributed by atoms with Gasteiger partial charge in [0.1, 0.15) is 9.73 Å². The molecule has 2 aromatic heterocycles. The summed E-state index contributed by atoms with van der Waals surface area (Å²) in [4.78, 5) is 22.0. The van der Waals surface area contributed by atoms with Gasteiger partial charge < -0.3 is 4.90 Å². The molecule has 4 rings (SSSR count). The molecular weight excluding hydrogens is 564 g/mol. The van der Waals surface area contributed by atoms with Crippen molar-refractivity contribution in [3.63, 3.8) is 0 Å². The van der Waals surface area contributed by atoms with Crippen molar-refractivity contribution in [1.29, 1.82) is 0 Å². The number of carbonyl (C=O) groups is 1. The van der Waals surface area contributed by atoms with E-state index in [4.69, 9.17) is 11.6 Å². The number of nitrogens with zero attached hydrogens (tertiary/aromatic N) is 4. The normalized spacial score (nSPS) is 16.1. The van der Waals surface area contributed by atoms with Gasteiger partial charge in [0.25, 0.3) is 10.0 Å². The molecule has 1 saturated heterocycles. The fraction of sp³-hybridized carbons (Fsp3) is 0.455. The number of aromatic nitrogens is 1. The lowest BCUT2D eigenvalue weighted by Crippen LogP contribution is -2.45. The van der Waals surface area contributed by atoms with Gasteiger partial charge in [-0.25, -0.2) is 21.8 Å². The highest BCUT2D eigenvalue weighted by molar-refractivity contribution is 7.91. The molecule has 1 aliphatic rings. The molecule has 196 valence electrons. The maximum absolute atomic E-state index is 13.7. The third kappa shape index (κ3) is 5.77. The fourth-order valence-electron chi connectivity index (χ4n) is 4.05. The molecule has 3 aromatic rings. The number of hydrogen-bond acceptors (Lipinski definition) is 9. The van der Waals surface area contributed by atoms with Crippen molar-refractivity contribution in [3.05, 3.63) is 34.7 Å². The van der Waals surface area contributed by atoms with Gasteiger partial charge in [0.15, 0.2) is 15.0 Å². The Morgan fingerprint density at radius 2 is 1.78 bits per heavy atom. The molecule has 14 heteroatoms. The van der Waals surface area contributed by atoms with Crippen LogP contribution < -0.4 is 4.90 Å². The van der Waals surface area contributed by atoms with Gasteiger partial charge in [-0.15, -0.1) is 11.3 Å². The van der Waals surface area contributed by atoms with Crippen LogP contribution in [0.25, 0.3) is 10.2 Å². The number of anilines is 1. The Bertz CT molecular complexity index is 1470. The summed E-state index contributed by atoms with van der Waals surface area (Å²) in [6, 6.07) is 8.04. The van der Waals surface area contributed by atoms with E-state index in [1.807, 2.05) is 19.0 Å². The van der Waals surface area contributed by atoms with E-state index >= 15 is 0 Å². The van der Waals surface area contributed by atoms with Crippen molar-refractivity contribution < 1.29 is 21.6 Å². The van der Waals surface area contributed by atoms with Gasteiger partial charge in [0.05, 0.1) is 13.9 Å². The van der Waals surface area contributed by atoms with Crippen molar-refractivity contribution >= 4 is 75.4 Å². The van der Waals surface area contributed by atoms with Crippen LogP contribution in [0.15, 0.2) is 39.4 Å². The third-order valence-corrected chi connectivity index (χ3v) is 11.8. The summed E-state index contributed by atoms with van der Waals surface area (Å²) in [6.07, 6.45) is 1.91. The van der Waals surface area contributed by atoms with E-state index in [0.717, 1.165) is 17.6 Å². The predicted octanol–water partition coefficient (Wildman–Crippen LogP) is 3.41. The summed E-state index contributed by atoms with van der Waals surface area (Å²) in [5.41, 5.74) is 0.359. The smallest absolute Gasteiger partial charge is 0.252 e. The molecule has 3 heterocycles. The number of rotatable bonds is 8. The van der Waals surface area contributed by atoms with E-state index in [-0.39, 0.29) is 34.0 Å². The van der Waals surface area contributed by atoms with Crippen LogP contribution >= 0.6 is 34.3 Å². The zero-order valence-corrected chi connectivity index (χ0v) is 24.1. The Hall–Kier alpha value is -1.61. The molecule has 0 N–H and O–H groups in total. The number of amides is 1. The van der Waals surface area contributed by atoms with Gasteiger partial charge in [-0.2, -0.15) is 4.31 Å². The Labute approximate surface area is 224 Å². The quantitative estimate of drug-likeness (QED) is 0.395. The minimum atomic E-state index is -3.65. The van der Waals surface area contributed by atoms with Crippen molar-refractivity contribution in [3.8, 4) is 0 Å². The number of likely N-dealkylation sites (N-methyl/N-ethyl adjacent to an activating group) is 1. The second-order valence-electron chi connectivity index (χ2n) is 8.90. The zero-order chi connectivity index (χ0) is 26.3. The van der Waals surface area contributed by atoms with E-state index in [0.29, 0.717) is 45.6 Å². The molecule has 1 aliphatic heterocycles. The van der Waals surface area contributed by atoms with Crippen LogP contribution in [0.1, 0.15) is 12.8 Å². The number of carbonyl (C=O) groups excluding carboxylic acids is 1. The lowest BCUT2D eigenvalue weighted by Gasteiger charge is -2.33. The topological polar surface area (TPSA) is 108 Å². The first-order valence-electron chi connectivity index (χ1n) is 11.2. The lowest BCUT2D eigenvalue weighted by atomic mass is 9.96. The number of fused-ring (bicyclic) bond motifs is 1. The van der Waals surface area contributed by atoms with E-state index in [2.05, 4.69) is 4.98 Å². The number of thiazole rings is 1. The van der Waals surface area contributed by atoms with Crippen LogP contribution in [0.2, 0.25) is 4.34 Å². The molecule has 0 aliphatic carbocycles. The summed E-state index contributed by atoms with van der Waals surface area (Å²) in [7, 11) is -3.33. The number of benzene rings is 1. The van der Waals surface area contributed by atoms with Crippen LogP contribution in [-0.2, 0) is 24.7 Å². The fourth-order valence-corrected chi connectivity index (χ4v) is 9.08. The molecule has 1 amide bonds. The number of sulfonamides is 1. The number of sulfone groups is 1. The summed E-state index contributed by atoms with van der Waals surface area (Å²) in [6.45, 7) is 1.43. The molecule has 0 saturated carbocycles. The number of piperidine rings is 1. The lowest BCUT2D eigenvalue weighted by molar-refractivity contribution is -0.123. The van der Waals surface area contributed by atoms with Crippen molar-refractivity contribution in [2.75, 3.05) is 51.4 Å². The molecule has 0 radical (unpaired) electrons. The standard InChI is InChI=1S/C22H27ClN4O5S4/c1-25(2)13-14-27(22-24-20-16(33-22)5-4-6-17(20)35(3,29)30)21(28)15-9-11-26(12-10-15)36(31,32)19-8-7-18(23)34-19/h4-8,15H,9-14H2,1-3H3. The van der Waals surface area contributed by atoms with Crippen LogP contribution in [0, 0.1) is 5.92 Å². The Kier molecular flexibility index (Phi) is 8.10. The van der Waals surface area contributed by atoms with Gasteiger partial charge in [0, 0.05) is 38.4 Å². The molecule has 0 bridgehead atoms. The predicted molar refractivity (Wildman–Crippen MR) is 144 cm³/mol. The third-order valence-electron chi connectivity index (χ3n) is 5.98. The van der Waals surface area contributed by atoms with Gasteiger partial charge in [0.2, 0.25) is 5.91 Å². The number of halogens is 1. The highest BCUT2D eigenvalue weighted by Gasteiger charge is 2.35.